The van der Waals surface area contributed by atoms with Gasteiger partial charge >= 0.3 is 0 Å². The van der Waals surface area contributed by atoms with Gasteiger partial charge in [0.25, 0.3) is 11.8 Å². The first kappa shape index (κ1) is 18.4. The van der Waals surface area contributed by atoms with Crippen LogP contribution in [0.2, 0.25) is 0 Å². The number of likely N-dealkylation sites (tertiary alicyclic amines) is 1. The molecule has 7 heteroatoms. The summed E-state index contributed by atoms with van der Waals surface area (Å²) in [6.45, 7) is 5.56. The Morgan fingerprint density at radius 2 is 1.86 bits per heavy atom. The van der Waals surface area contributed by atoms with E-state index in [2.05, 4.69) is 16.9 Å². The minimum Gasteiger partial charge on any atom is -0.339 e. The number of benzene rings is 1. The summed E-state index contributed by atoms with van der Waals surface area (Å²) in [7, 11) is 0. The number of aromatic nitrogens is 3. The van der Waals surface area contributed by atoms with Crippen molar-refractivity contribution in [3.05, 3.63) is 54.4 Å². The zero-order chi connectivity index (χ0) is 19.5. The van der Waals surface area contributed by atoms with E-state index in [1.165, 1.54) is 12.5 Å². The average Bonchev–Trinajstić information content (AvgIpc) is 3.36. The van der Waals surface area contributed by atoms with Crippen molar-refractivity contribution >= 4 is 17.5 Å². The van der Waals surface area contributed by atoms with E-state index in [1.54, 1.807) is 29.2 Å². The Labute approximate surface area is 164 Å². The molecule has 2 fully saturated rings. The van der Waals surface area contributed by atoms with Crippen molar-refractivity contribution in [1.82, 2.24) is 19.9 Å². The van der Waals surface area contributed by atoms with Gasteiger partial charge < -0.3 is 9.80 Å². The Morgan fingerprint density at radius 3 is 2.46 bits per heavy atom. The predicted octanol–water partition coefficient (Wildman–Crippen LogP) is 2.96. The van der Waals surface area contributed by atoms with E-state index in [0.717, 1.165) is 44.5 Å². The van der Waals surface area contributed by atoms with Gasteiger partial charge in [0.05, 0.1) is 18.8 Å². The summed E-state index contributed by atoms with van der Waals surface area (Å²) >= 11 is 0. The fourth-order valence-corrected chi connectivity index (χ4v) is 3.67. The molecule has 4 rings (SSSR count). The zero-order valence-corrected chi connectivity index (χ0v) is 16.0. The van der Waals surface area contributed by atoms with Gasteiger partial charge in [-0.2, -0.15) is 0 Å². The van der Waals surface area contributed by atoms with E-state index in [9.17, 15) is 9.59 Å². The lowest BCUT2D eigenvalue weighted by atomic mass is 9.93. The van der Waals surface area contributed by atoms with Crippen LogP contribution in [0.1, 0.15) is 54.2 Å². The standard InChI is InChI=1S/C21H25N5O2/c1-2-20(27)25(14-17-15-26(23-22-17)19-6-5-7-19)18-10-8-16(9-11-18)21(28)24-12-3-4-13-24/h2,8-11,15,19H,1,3-7,12-14H2. The Kier molecular flexibility index (Phi) is 5.23. The Balaban J connectivity index is 1.50. The molecule has 0 bridgehead atoms. The molecule has 1 aromatic carbocycles. The van der Waals surface area contributed by atoms with Crippen molar-refractivity contribution in [3.63, 3.8) is 0 Å². The largest absolute Gasteiger partial charge is 0.339 e. The van der Waals surface area contributed by atoms with Gasteiger partial charge in [-0.15, -0.1) is 5.10 Å². The molecule has 2 aliphatic rings. The summed E-state index contributed by atoms with van der Waals surface area (Å²) in [5, 5.41) is 8.43. The summed E-state index contributed by atoms with van der Waals surface area (Å²) in [6, 6.07) is 7.61. The lowest BCUT2D eigenvalue weighted by Crippen LogP contribution is -2.29. The van der Waals surface area contributed by atoms with E-state index < -0.39 is 0 Å². The van der Waals surface area contributed by atoms with Crippen LogP contribution < -0.4 is 4.90 Å². The van der Waals surface area contributed by atoms with E-state index >= 15 is 0 Å². The predicted molar refractivity (Wildman–Crippen MR) is 106 cm³/mol. The summed E-state index contributed by atoms with van der Waals surface area (Å²) in [6.07, 6.45) is 8.82. The third kappa shape index (κ3) is 3.69. The number of anilines is 1. The number of carbonyl (C=O) groups is 2. The molecule has 0 spiro atoms. The van der Waals surface area contributed by atoms with Crippen LogP contribution in [0.4, 0.5) is 5.69 Å². The van der Waals surface area contributed by atoms with Crippen molar-refractivity contribution in [1.29, 1.82) is 0 Å². The number of hydrogen-bond donors (Lipinski definition) is 0. The number of hydrogen-bond acceptors (Lipinski definition) is 4. The molecule has 0 unspecified atom stereocenters. The first-order chi connectivity index (χ1) is 13.7. The topological polar surface area (TPSA) is 71.3 Å². The van der Waals surface area contributed by atoms with Crippen molar-refractivity contribution in [2.24, 2.45) is 0 Å². The summed E-state index contributed by atoms with van der Waals surface area (Å²) in [5.41, 5.74) is 2.09. The fourth-order valence-electron chi connectivity index (χ4n) is 3.67. The average molecular weight is 379 g/mol. The highest BCUT2D eigenvalue weighted by atomic mass is 16.2. The molecule has 2 heterocycles. The van der Waals surface area contributed by atoms with Crippen LogP contribution in [0.15, 0.2) is 43.1 Å². The first-order valence-corrected chi connectivity index (χ1v) is 9.89. The highest BCUT2D eigenvalue weighted by molar-refractivity contribution is 6.01. The lowest BCUT2D eigenvalue weighted by molar-refractivity contribution is -0.114. The smallest absolute Gasteiger partial charge is 0.253 e. The van der Waals surface area contributed by atoms with Crippen LogP contribution in [0.5, 0.6) is 0 Å². The summed E-state index contributed by atoms with van der Waals surface area (Å²) < 4.78 is 1.90. The third-order valence-corrected chi connectivity index (χ3v) is 5.59. The Bertz CT molecular complexity index is 863. The van der Waals surface area contributed by atoms with Crippen LogP contribution in [-0.4, -0.2) is 44.8 Å². The molecule has 2 amide bonds. The van der Waals surface area contributed by atoms with E-state index in [1.807, 2.05) is 15.8 Å². The number of rotatable bonds is 6. The molecule has 0 atom stereocenters. The third-order valence-electron chi connectivity index (χ3n) is 5.59. The molecule has 0 radical (unpaired) electrons. The summed E-state index contributed by atoms with van der Waals surface area (Å²) in [5.74, 6) is -0.161. The van der Waals surface area contributed by atoms with Crippen LogP contribution >= 0.6 is 0 Å². The normalized spacial score (nSPS) is 16.6. The van der Waals surface area contributed by atoms with Gasteiger partial charge in [-0.25, -0.2) is 4.68 Å². The maximum Gasteiger partial charge on any atom is 0.253 e. The second-order valence-corrected chi connectivity index (χ2v) is 7.45. The van der Waals surface area contributed by atoms with Crippen LogP contribution in [0, 0.1) is 0 Å². The molecule has 28 heavy (non-hydrogen) atoms. The van der Waals surface area contributed by atoms with E-state index in [0.29, 0.717) is 23.8 Å². The van der Waals surface area contributed by atoms with Crippen LogP contribution in [0.3, 0.4) is 0 Å². The molecule has 1 aromatic heterocycles. The molecule has 146 valence electrons. The van der Waals surface area contributed by atoms with Crippen LogP contribution in [0.25, 0.3) is 0 Å². The maximum atomic E-state index is 12.5. The van der Waals surface area contributed by atoms with Crippen molar-refractivity contribution in [2.45, 2.75) is 44.7 Å². The zero-order valence-electron chi connectivity index (χ0n) is 16.0. The molecule has 1 aliphatic carbocycles. The second kappa shape index (κ2) is 7.96. The monoisotopic (exact) mass is 379 g/mol. The number of carbonyl (C=O) groups excluding carboxylic acids is 2. The van der Waals surface area contributed by atoms with E-state index in [-0.39, 0.29) is 11.8 Å². The number of nitrogens with zero attached hydrogens (tertiary/aromatic N) is 5. The minimum absolute atomic E-state index is 0.0501. The van der Waals surface area contributed by atoms with Crippen LogP contribution in [-0.2, 0) is 11.3 Å². The molecule has 7 nitrogen and oxygen atoms in total. The highest BCUT2D eigenvalue weighted by Gasteiger charge is 2.23. The van der Waals surface area contributed by atoms with Gasteiger partial charge in [-0.05, 0) is 62.4 Å². The van der Waals surface area contributed by atoms with E-state index in [4.69, 9.17) is 0 Å². The molecule has 0 N–H and O–H groups in total. The molecule has 1 saturated heterocycles. The Morgan fingerprint density at radius 1 is 1.14 bits per heavy atom. The van der Waals surface area contributed by atoms with Gasteiger partial charge in [-0.3, -0.25) is 9.59 Å². The minimum atomic E-state index is -0.211. The maximum absolute atomic E-state index is 12.5. The van der Waals surface area contributed by atoms with Crippen molar-refractivity contribution < 1.29 is 9.59 Å². The molecule has 1 aliphatic heterocycles. The van der Waals surface area contributed by atoms with Crippen molar-refractivity contribution in [3.8, 4) is 0 Å². The van der Waals surface area contributed by atoms with Gasteiger partial charge in [0.2, 0.25) is 0 Å². The summed E-state index contributed by atoms with van der Waals surface area (Å²) in [4.78, 5) is 28.4. The van der Waals surface area contributed by atoms with Gasteiger partial charge in [0.15, 0.2) is 0 Å². The molecular weight excluding hydrogens is 354 g/mol. The molecular formula is C21H25N5O2. The molecule has 1 saturated carbocycles. The quantitative estimate of drug-likeness (QED) is 0.724. The first-order valence-electron chi connectivity index (χ1n) is 9.89. The highest BCUT2D eigenvalue weighted by Crippen LogP contribution is 2.30. The SMILES string of the molecule is C=CC(=O)N(Cc1cn(C2CCC2)nn1)c1ccc(C(=O)N2CCCC2)cc1. The lowest BCUT2D eigenvalue weighted by Gasteiger charge is -2.24. The molecule has 2 aromatic rings. The second-order valence-electron chi connectivity index (χ2n) is 7.45. The van der Waals surface area contributed by atoms with Gasteiger partial charge in [0, 0.05) is 24.3 Å². The van der Waals surface area contributed by atoms with Crippen molar-refractivity contribution in [2.75, 3.05) is 18.0 Å². The number of amides is 2. The Hall–Kier alpha value is -2.96. The van der Waals surface area contributed by atoms with Gasteiger partial charge in [0.1, 0.15) is 5.69 Å². The fraction of sp³-hybridized carbons (Fsp3) is 0.429. The van der Waals surface area contributed by atoms with Gasteiger partial charge in [-0.1, -0.05) is 11.8 Å².